The second-order valence-electron chi connectivity index (χ2n) is 9.80. The standard InChI is InChI=1S/C28H34ClN3O3/c1-30(2)15-16-31(3)27(33)24-6-4-5-23(17-24)21-9-7-20(8-10-21)18-32-19-26(35-28(32)34)22-11-13-25(29)14-12-22/h4-10,13,17,22,26H,11-12,14-16,18-19H2,1-3H3/t22?,26-/m0/s1. The van der Waals surface area contributed by atoms with Crippen LogP contribution in [0.15, 0.2) is 59.6 Å². The minimum Gasteiger partial charge on any atom is -0.444 e. The summed E-state index contributed by atoms with van der Waals surface area (Å²) in [5.41, 5.74) is 3.76. The van der Waals surface area contributed by atoms with Crippen LogP contribution in [-0.4, -0.2) is 73.6 Å². The van der Waals surface area contributed by atoms with Gasteiger partial charge in [0.15, 0.2) is 0 Å². The summed E-state index contributed by atoms with van der Waals surface area (Å²) in [6.45, 7) is 2.63. The molecule has 0 spiro atoms. The summed E-state index contributed by atoms with van der Waals surface area (Å²) >= 11 is 6.09. The van der Waals surface area contributed by atoms with Crippen molar-refractivity contribution >= 4 is 23.6 Å². The Morgan fingerprint density at radius 1 is 1.09 bits per heavy atom. The van der Waals surface area contributed by atoms with Gasteiger partial charge in [-0.05, 0) is 62.2 Å². The summed E-state index contributed by atoms with van der Waals surface area (Å²) in [6, 6.07) is 15.9. The molecular formula is C28H34ClN3O3. The number of carbonyl (C=O) groups is 2. The van der Waals surface area contributed by atoms with Crippen LogP contribution in [0.2, 0.25) is 0 Å². The molecule has 1 unspecified atom stereocenters. The lowest BCUT2D eigenvalue weighted by atomic mass is 9.89. The monoisotopic (exact) mass is 495 g/mol. The highest BCUT2D eigenvalue weighted by molar-refractivity contribution is 6.29. The van der Waals surface area contributed by atoms with Gasteiger partial charge in [0.05, 0.1) is 6.54 Å². The molecule has 0 N–H and O–H groups in total. The van der Waals surface area contributed by atoms with Gasteiger partial charge < -0.3 is 19.4 Å². The van der Waals surface area contributed by atoms with Crippen LogP contribution in [0.3, 0.4) is 0 Å². The molecule has 6 nitrogen and oxygen atoms in total. The van der Waals surface area contributed by atoms with E-state index in [1.54, 1.807) is 9.80 Å². The topological polar surface area (TPSA) is 53.1 Å². The van der Waals surface area contributed by atoms with Crippen LogP contribution in [0.25, 0.3) is 11.1 Å². The van der Waals surface area contributed by atoms with Gasteiger partial charge in [0.2, 0.25) is 0 Å². The number of nitrogens with zero attached hydrogens (tertiary/aromatic N) is 3. The molecule has 0 bridgehead atoms. The molecule has 2 aliphatic rings. The number of likely N-dealkylation sites (N-methyl/N-ethyl adjacent to an activating group) is 2. The number of carbonyl (C=O) groups excluding carboxylic acids is 2. The van der Waals surface area contributed by atoms with Gasteiger partial charge in [-0.2, -0.15) is 0 Å². The van der Waals surface area contributed by atoms with Crippen LogP contribution < -0.4 is 0 Å². The van der Waals surface area contributed by atoms with Crippen molar-refractivity contribution in [3.63, 3.8) is 0 Å². The first-order valence-electron chi connectivity index (χ1n) is 12.2. The van der Waals surface area contributed by atoms with E-state index in [2.05, 4.69) is 11.0 Å². The van der Waals surface area contributed by atoms with Gasteiger partial charge in [0.1, 0.15) is 6.10 Å². The number of amides is 2. The molecule has 35 heavy (non-hydrogen) atoms. The quantitative estimate of drug-likeness (QED) is 0.503. The number of halogens is 1. The fraction of sp³-hybridized carbons (Fsp3) is 0.429. The average molecular weight is 496 g/mol. The second kappa shape index (κ2) is 11.3. The number of allylic oxidation sites excluding steroid dienone is 2. The van der Waals surface area contributed by atoms with Gasteiger partial charge >= 0.3 is 6.09 Å². The van der Waals surface area contributed by atoms with Crippen molar-refractivity contribution in [2.75, 3.05) is 40.8 Å². The molecule has 0 radical (unpaired) electrons. The van der Waals surface area contributed by atoms with Crippen molar-refractivity contribution in [1.29, 1.82) is 0 Å². The molecule has 1 heterocycles. The first-order chi connectivity index (χ1) is 16.8. The van der Waals surface area contributed by atoms with Crippen molar-refractivity contribution < 1.29 is 14.3 Å². The van der Waals surface area contributed by atoms with Gasteiger partial charge in [-0.1, -0.05) is 54.1 Å². The molecular weight excluding hydrogens is 462 g/mol. The van der Waals surface area contributed by atoms with Crippen LogP contribution in [-0.2, 0) is 11.3 Å². The maximum atomic E-state index is 12.8. The van der Waals surface area contributed by atoms with E-state index in [1.165, 1.54) is 0 Å². The summed E-state index contributed by atoms with van der Waals surface area (Å²) < 4.78 is 5.68. The molecule has 1 saturated heterocycles. The third-order valence-electron chi connectivity index (χ3n) is 6.83. The van der Waals surface area contributed by atoms with Crippen molar-refractivity contribution in [3.8, 4) is 11.1 Å². The lowest BCUT2D eigenvalue weighted by molar-refractivity contribution is 0.0786. The predicted molar refractivity (Wildman–Crippen MR) is 139 cm³/mol. The predicted octanol–water partition coefficient (Wildman–Crippen LogP) is 5.23. The van der Waals surface area contributed by atoms with Gasteiger partial charge in [0, 0.05) is 43.2 Å². The summed E-state index contributed by atoms with van der Waals surface area (Å²) in [5.74, 6) is 0.355. The van der Waals surface area contributed by atoms with E-state index in [0.717, 1.165) is 47.5 Å². The summed E-state index contributed by atoms with van der Waals surface area (Å²) in [5, 5.41) is 0.911. The Morgan fingerprint density at radius 3 is 2.54 bits per heavy atom. The Balaban J connectivity index is 1.37. The SMILES string of the molecule is CN(C)CCN(C)C(=O)c1cccc(-c2ccc(CN3C[C@@H](C4CC=C(Cl)CC4)OC3=O)cc2)c1. The Labute approximate surface area is 213 Å². The molecule has 1 fully saturated rings. The normalized spacial score (nSPS) is 20.1. The van der Waals surface area contributed by atoms with Crippen LogP contribution in [0.5, 0.6) is 0 Å². The molecule has 2 aromatic rings. The molecule has 0 saturated carbocycles. The van der Waals surface area contributed by atoms with Crippen LogP contribution >= 0.6 is 11.6 Å². The molecule has 0 aromatic heterocycles. The maximum absolute atomic E-state index is 12.8. The Bertz CT molecular complexity index is 1080. The molecule has 7 heteroatoms. The molecule has 1 aliphatic heterocycles. The molecule has 2 aromatic carbocycles. The fourth-order valence-electron chi connectivity index (χ4n) is 4.59. The number of cyclic esters (lactones) is 1. The van der Waals surface area contributed by atoms with Gasteiger partial charge in [-0.15, -0.1) is 0 Å². The zero-order valence-electron chi connectivity index (χ0n) is 20.7. The summed E-state index contributed by atoms with van der Waals surface area (Å²) in [4.78, 5) is 30.9. The third-order valence-corrected chi connectivity index (χ3v) is 7.18. The van der Waals surface area contributed by atoms with E-state index >= 15 is 0 Å². The zero-order chi connectivity index (χ0) is 24.9. The smallest absolute Gasteiger partial charge is 0.410 e. The number of rotatable bonds is 8. The van der Waals surface area contributed by atoms with Crippen molar-refractivity contribution in [2.45, 2.75) is 31.9 Å². The summed E-state index contributed by atoms with van der Waals surface area (Å²) in [6.07, 6.45) is 4.43. The van der Waals surface area contributed by atoms with Crippen molar-refractivity contribution in [1.82, 2.24) is 14.7 Å². The second-order valence-corrected chi connectivity index (χ2v) is 10.3. The molecule has 2 atom stereocenters. The highest BCUT2D eigenvalue weighted by Gasteiger charge is 2.36. The van der Waals surface area contributed by atoms with E-state index in [9.17, 15) is 9.59 Å². The van der Waals surface area contributed by atoms with Gasteiger partial charge in [-0.3, -0.25) is 4.79 Å². The maximum Gasteiger partial charge on any atom is 0.410 e. The first-order valence-corrected chi connectivity index (χ1v) is 12.6. The average Bonchev–Trinajstić information content (AvgIpc) is 3.22. The van der Waals surface area contributed by atoms with E-state index in [1.807, 2.05) is 69.7 Å². The lowest BCUT2D eigenvalue weighted by Crippen LogP contribution is -2.33. The highest BCUT2D eigenvalue weighted by atomic mass is 35.5. The van der Waals surface area contributed by atoms with E-state index < -0.39 is 0 Å². The number of ether oxygens (including phenoxy) is 1. The van der Waals surface area contributed by atoms with Gasteiger partial charge in [0.25, 0.3) is 5.91 Å². The number of hydrogen-bond donors (Lipinski definition) is 0. The van der Waals surface area contributed by atoms with Crippen LogP contribution in [0.4, 0.5) is 4.79 Å². The third kappa shape index (κ3) is 6.44. The van der Waals surface area contributed by atoms with Gasteiger partial charge in [-0.25, -0.2) is 4.79 Å². The molecule has 2 amide bonds. The van der Waals surface area contributed by atoms with Crippen molar-refractivity contribution in [2.24, 2.45) is 5.92 Å². The molecule has 1 aliphatic carbocycles. The molecule has 186 valence electrons. The van der Waals surface area contributed by atoms with E-state index in [4.69, 9.17) is 16.3 Å². The van der Waals surface area contributed by atoms with Crippen LogP contribution in [0.1, 0.15) is 35.2 Å². The number of hydrogen-bond acceptors (Lipinski definition) is 4. The fourth-order valence-corrected chi connectivity index (χ4v) is 4.79. The Kier molecular flexibility index (Phi) is 8.14. The minimum atomic E-state index is -0.246. The lowest BCUT2D eigenvalue weighted by Gasteiger charge is -2.23. The zero-order valence-corrected chi connectivity index (χ0v) is 21.5. The highest BCUT2D eigenvalue weighted by Crippen LogP contribution is 2.32. The minimum absolute atomic E-state index is 0.0168. The van der Waals surface area contributed by atoms with E-state index in [0.29, 0.717) is 31.1 Å². The molecule has 4 rings (SSSR count). The van der Waals surface area contributed by atoms with Crippen LogP contribution in [0, 0.1) is 5.92 Å². The Morgan fingerprint density at radius 2 is 1.86 bits per heavy atom. The first kappa shape index (κ1) is 25.3. The Hall–Kier alpha value is -2.83. The van der Waals surface area contributed by atoms with Crippen molar-refractivity contribution in [3.05, 3.63) is 70.8 Å². The summed E-state index contributed by atoms with van der Waals surface area (Å²) in [7, 11) is 5.83. The number of benzene rings is 2. The largest absolute Gasteiger partial charge is 0.444 e. The van der Waals surface area contributed by atoms with E-state index in [-0.39, 0.29) is 18.1 Å².